The fourth-order valence-electron chi connectivity index (χ4n) is 3.85. The van der Waals surface area contributed by atoms with Crippen molar-refractivity contribution in [3.05, 3.63) is 36.0 Å². The molecule has 0 spiro atoms. The SMILES string of the molecule is CCOC(=O)[C@H]1CCCN(C(=O)[C@H](NC(=O)c2cc(-c3cccc(OC)c3)on2)C(C)C)C1. The molecule has 0 bridgehead atoms. The molecule has 1 aliphatic rings. The first-order valence-electron chi connectivity index (χ1n) is 11.2. The number of methoxy groups -OCH3 is 1. The van der Waals surface area contributed by atoms with Crippen molar-refractivity contribution in [3.8, 4) is 17.1 Å². The predicted molar refractivity (Wildman–Crippen MR) is 121 cm³/mol. The minimum absolute atomic E-state index is 0.0781. The van der Waals surface area contributed by atoms with Gasteiger partial charge in [-0.25, -0.2) is 0 Å². The first kappa shape index (κ1) is 24.3. The maximum atomic E-state index is 13.2. The van der Waals surface area contributed by atoms with Gasteiger partial charge < -0.3 is 24.2 Å². The molecule has 0 radical (unpaired) electrons. The van der Waals surface area contributed by atoms with Gasteiger partial charge in [-0.3, -0.25) is 14.4 Å². The number of carbonyl (C=O) groups excluding carboxylic acids is 3. The summed E-state index contributed by atoms with van der Waals surface area (Å²) in [5.74, 6) is -0.431. The van der Waals surface area contributed by atoms with Crippen LogP contribution in [0.1, 0.15) is 44.1 Å². The summed E-state index contributed by atoms with van der Waals surface area (Å²) in [6.45, 7) is 6.62. The number of ether oxygens (including phenoxy) is 2. The lowest BCUT2D eigenvalue weighted by molar-refractivity contribution is -0.151. The number of benzene rings is 1. The Hall–Kier alpha value is -3.36. The molecule has 9 heteroatoms. The number of nitrogens with one attached hydrogen (secondary N) is 1. The van der Waals surface area contributed by atoms with E-state index in [1.807, 2.05) is 26.0 Å². The molecule has 0 unspecified atom stereocenters. The highest BCUT2D eigenvalue weighted by Crippen LogP contribution is 2.25. The third-order valence-electron chi connectivity index (χ3n) is 5.67. The Morgan fingerprint density at radius 1 is 1.27 bits per heavy atom. The predicted octanol–water partition coefficient (Wildman–Crippen LogP) is 2.91. The van der Waals surface area contributed by atoms with E-state index in [0.717, 1.165) is 5.56 Å². The van der Waals surface area contributed by atoms with Crippen LogP contribution in [0.25, 0.3) is 11.3 Å². The molecule has 2 heterocycles. The molecule has 1 aliphatic heterocycles. The molecule has 1 aromatic carbocycles. The maximum Gasteiger partial charge on any atom is 0.310 e. The molecule has 1 aromatic heterocycles. The lowest BCUT2D eigenvalue weighted by Crippen LogP contribution is -2.54. The number of piperidine rings is 1. The lowest BCUT2D eigenvalue weighted by atomic mass is 9.95. The van der Waals surface area contributed by atoms with Crippen molar-refractivity contribution in [2.75, 3.05) is 26.8 Å². The molecule has 2 aromatic rings. The Balaban J connectivity index is 1.69. The molecule has 2 amide bonds. The average molecular weight is 458 g/mol. The van der Waals surface area contributed by atoms with Gasteiger partial charge in [0.15, 0.2) is 11.5 Å². The molecule has 1 fully saturated rings. The Morgan fingerprint density at radius 3 is 2.76 bits per heavy atom. The number of hydrogen-bond acceptors (Lipinski definition) is 7. The highest BCUT2D eigenvalue weighted by molar-refractivity contribution is 5.97. The number of hydrogen-bond donors (Lipinski definition) is 1. The van der Waals surface area contributed by atoms with Crippen molar-refractivity contribution < 1.29 is 28.4 Å². The van der Waals surface area contributed by atoms with E-state index < -0.39 is 11.9 Å². The summed E-state index contributed by atoms with van der Waals surface area (Å²) in [5.41, 5.74) is 0.796. The number of aromatic nitrogens is 1. The van der Waals surface area contributed by atoms with Crippen molar-refractivity contribution in [1.29, 1.82) is 0 Å². The van der Waals surface area contributed by atoms with E-state index >= 15 is 0 Å². The minimum Gasteiger partial charge on any atom is -0.497 e. The van der Waals surface area contributed by atoms with Crippen LogP contribution in [0.3, 0.4) is 0 Å². The van der Waals surface area contributed by atoms with Gasteiger partial charge in [0.1, 0.15) is 11.8 Å². The molecular formula is C24H31N3O6. The molecule has 2 atom stereocenters. The molecule has 33 heavy (non-hydrogen) atoms. The first-order valence-corrected chi connectivity index (χ1v) is 11.2. The van der Waals surface area contributed by atoms with Gasteiger partial charge >= 0.3 is 5.97 Å². The van der Waals surface area contributed by atoms with Crippen LogP contribution in [0.15, 0.2) is 34.9 Å². The number of carbonyl (C=O) groups is 3. The fraction of sp³-hybridized carbons (Fsp3) is 0.500. The largest absolute Gasteiger partial charge is 0.497 e. The van der Waals surface area contributed by atoms with E-state index in [9.17, 15) is 14.4 Å². The second kappa shape index (κ2) is 11.0. The number of amides is 2. The van der Waals surface area contributed by atoms with Gasteiger partial charge in [0, 0.05) is 24.7 Å². The molecule has 0 aliphatic carbocycles. The van der Waals surface area contributed by atoms with Crippen LogP contribution in [0.4, 0.5) is 0 Å². The molecule has 3 rings (SSSR count). The van der Waals surface area contributed by atoms with Crippen LogP contribution in [-0.2, 0) is 14.3 Å². The van der Waals surface area contributed by atoms with E-state index in [4.69, 9.17) is 14.0 Å². The molecule has 1 saturated heterocycles. The number of nitrogens with zero attached hydrogens (tertiary/aromatic N) is 2. The Morgan fingerprint density at radius 2 is 2.06 bits per heavy atom. The van der Waals surface area contributed by atoms with Crippen molar-refractivity contribution in [1.82, 2.24) is 15.4 Å². The minimum atomic E-state index is -0.754. The van der Waals surface area contributed by atoms with E-state index in [-0.39, 0.29) is 29.4 Å². The molecule has 0 saturated carbocycles. The zero-order chi connectivity index (χ0) is 24.0. The summed E-state index contributed by atoms with van der Waals surface area (Å²) in [4.78, 5) is 39.9. The first-order chi connectivity index (χ1) is 15.8. The van der Waals surface area contributed by atoms with Crippen molar-refractivity contribution in [2.24, 2.45) is 11.8 Å². The van der Waals surface area contributed by atoms with Gasteiger partial charge in [-0.2, -0.15) is 0 Å². The normalized spacial score (nSPS) is 16.9. The number of rotatable bonds is 8. The van der Waals surface area contributed by atoms with Crippen LogP contribution in [-0.4, -0.2) is 60.7 Å². The molecular weight excluding hydrogens is 426 g/mol. The van der Waals surface area contributed by atoms with Gasteiger partial charge in [0.05, 0.1) is 19.6 Å². The van der Waals surface area contributed by atoms with Crippen molar-refractivity contribution in [3.63, 3.8) is 0 Å². The Bertz CT molecular complexity index is 986. The average Bonchev–Trinajstić information content (AvgIpc) is 3.32. The maximum absolute atomic E-state index is 13.2. The van der Waals surface area contributed by atoms with Crippen LogP contribution in [0.5, 0.6) is 5.75 Å². The third kappa shape index (κ3) is 5.91. The molecule has 178 valence electrons. The fourth-order valence-corrected chi connectivity index (χ4v) is 3.85. The summed E-state index contributed by atoms with van der Waals surface area (Å²) < 4.78 is 15.7. The summed E-state index contributed by atoms with van der Waals surface area (Å²) in [6, 6.07) is 7.99. The summed E-state index contributed by atoms with van der Waals surface area (Å²) in [5, 5.41) is 6.67. The second-order valence-corrected chi connectivity index (χ2v) is 8.38. The van der Waals surface area contributed by atoms with E-state index in [1.54, 1.807) is 31.1 Å². The van der Waals surface area contributed by atoms with Crippen LogP contribution < -0.4 is 10.1 Å². The standard InChI is InChI=1S/C24H31N3O6/c1-5-32-24(30)17-9-7-11-27(14-17)23(29)21(15(2)3)25-22(28)19-13-20(33-26-19)16-8-6-10-18(12-16)31-4/h6,8,10,12-13,15,17,21H,5,7,9,11,14H2,1-4H3,(H,25,28)/t17-,21+/m0/s1. The summed E-state index contributed by atoms with van der Waals surface area (Å²) in [7, 11) is 1.57. The highest BCUT2D eigenvalue weighted by Gasteiger charge is 2.35. The van der Waals surface area contributed by atoms with E-state index in [0.29, 0.717) is 44.0 Å². The van der Waals surface area contributed by atoms with Crippen LogP contribution in [0, 0.1) is 11.8 Å². The summed E-state index contributed by atoms with van der Waals surface area (Å²) in [6.07, 6.45) is 1.40. The topological polar surface area (TPSA) is 111 Å². The third-order valence-corrected chi connectivity index (χ3v) is 5.67. The van der Waals surface area contributed by atoms with Gasteiger partial charge in [-0.15, -0.1) is 0 Å². The highest BCUT2D eigenvalue weighted by atomic mass is 16.5. The second-order valence-electron chi connectivity index (χ2n) is 8.38. The Labute approximate surface area is 193 Å². The number of likely N-dealkylation sites (tertiary alicyclic amines) is 1. The van der Waals surface area contributed by atoms with Gasteiger partial charge in [0.2, 0.25) is 5.91 Å². The van der Waals surface area contributed by atoms with Gasteiger partial charge in [-0.05, 0) is 37.8 Å². The lowest BCUT2D eigenvalue weighted by Gasteiger charge is -2.35. The monoisotopic (exact) mass is 457 g/mol. The molecule has 1 N–H and O–H groups in total. The van der Waals surface area contributed by atoms with Crippen molar-refractivity contribution >= 4 is 17.8 Å². The quantitative estimate of drug-likeness (QED) is 0.607. The zero-order valence-electron chi connectivity index (χ0n) is 19.5. The van der Waals surface area contributed by atoms with Gasteiger partial charge in [-0.1, -0.05) is 31.1 Å². The van der Waals surface area contributed by atoms with E-state index in [1.165, 1.54) is 6.07 Å². The van der Waals surface area contributed by atoms with Crippen LogP contribution >= 0.6 is 0 Å². The van der Waals surface area contributed by atoms with E-state index in [2.05, 4.69) is 10.5 Å². The zero-order valence-corrected chi connectivity index (χ0v) is 19.5. The number of esters is 1. The smallest absolute Gasteiger partial charge is 0.310 e. The summed E-state index contributed by atoms with van der Waals surface area (Å²) >= 11 is 0. The van der Waals surface area contributed by atoms with Crippen LogP contribution in [0.2, 0.25) is 0 Å². The van der Waals surface area contributed by atoms with Gasteiger partial charge in [0.25, 0.3) is 5.91 Å². The Kier molecular flexibility index (Phi) is 8.08. The van der Waals surface area contributed by atoms with Crippen molar-refractivity contribution in [2.45, 2.75) is 39.7 Å². The molecule has 9 nitrogen and oxygen atoms in total.